The molecular weight excluding hydrogens is 340 g/mol. The van der Waals surface area contributed by atoms with Crippen molar-refractivity contribution in [1.82, 2.24) is 10.2 Å². The predicted molar refractivity (Wildman–Crippen MR) is 83.8 cm³/mol. The summed E-state index contributed by atoms with van der Waals surface area (Å²) in [6, 6.07) is 3.00. The van der Waals surface area contributed by atoms with E-state index in [1.807, 2.05) is 0 Å². The number of hydrogen-bond acceptors (Lipinski definition) is 4. The van der Waals surface area contributed by atoms with E-state index in [2.05, 4.69) is 15.0 Å². The molecule has 0 radical (unpaired) electrons. The van der Waals surface area contributed by atoms with E-state index >= 15 is 0 Å². The highest BCUT2D eigenvalue weighted by Gasteiger charge is 2.35. The SMILES string of the molecule is Fc1ccc(OC(F)(F)F)cc1[C@H](C1CCOCC1)N1CCNCC1. The molecule has 1 atom stereocenters. The zero-order valence-electron chi connectivity index (χ0n) is 13.8. The van der Waals surface area contributed by atoms with Crippen LogP contribution in [0.25, 0.3) is 0 Å². The van der Waals surface area contributed by atoms with E-state index < -0.39 is 12.2 Å². The van der Waals surface area contributed by atoms with E-state index in [-0.39, 0.29) is 23.3 Å². The third-order valence-corrected chi connectivity index (χ3v) is 4.78. The van der Waals surface area contributed by atoms with Crippen LogP contribution in [0.4, 0.5) is 17.6 Å². The van der Waals surface area contributed by atoms with Gasteiger partial charge in [-0.1, -0.05) is 0 Å². The molecule has 8 heteroatoms. The fraction of sp³-hybridized carbons (Fsp3) is 0.647. The van der Waals surface area contributed by atoms with Crippen LogP contribution in [0.2, 0.25) is 0 Å². The summed E-state index contributed by atoms with van der Waals surface area (Å²) in [5.41, 5.74) is 0.274. The molecule has 140 valence electrons. The fourth-order valence-corrected chi connectivity index (χ4v) is 3.69. The van der Waals surface area contributed by atoms with E-state index in [1.165, 1.54) is 6.07 Å². The minimum absolute atomic E-state index is 0.141. The van der Waals surface area contributed by atoms with E-state index in [4.69, 9.17) is 4.74 Å². The van der Waals surface area contributed by atoms with Gasteiger partial charge in [-0.25, -0.2) is 4.39 Å². The maximum Gasteiger partial charge on any atom is 0.573 e. The van der Waals surface area contributed by atoms with Crippen LogP contribution >= 0.6 is 0 Å². The predicted octanol–water partition coefficient (Wildman–Crippen LogP) is 3.10. The normalized spacial score (nSPS) is 21.9. The lowest BCUT2D eigenvalue weighted by Gasteiger charge is -2.41. The van der Waals surface area contributed by atoms with Gasteiger partial charge in [0.2, 0.25) is 0 Å². The van der Waals surface area contributed by atoms with Gasteiger partial charge in [-0.15, -0.1) is 13.2 Å². The van der Waals surface area contributed by atoms with Gasteiger partial charge < -0.3 is 14.8 Å². The number of ether oxygens (including phenoxy) is 2. The molecular formula is C17H22F4N2O2. The number of benzene rings is 1. The quantitative estimate of drug-likeness (QED) is 0.835. The van der Waals surface area contributed by atoms with Gasteiger partial charge in [-0.05, 0) is 37.0 Å². The minimum Gasteiger partial charge on any atom is -0.406 e. The zero-order chi connectivity index (χ0) is 17.9. The first-order valence-electron chi connectivity index (χ1n) is 8.52. The maximum atomic E-state index is 14.6. The summed E-state index contributed by atoms with van der Waals surface area (Å²) in [6.45, 7) is 4.19. The molecule has 3 rings (SSSR count). The second-order valence-corrected chi connectivity index (χ2v) is 6.41. The third-order valence-electron chi connectivity index (χ3n) is 4.78. The van der Waals surface area contributed by atoms with Crippen molar-refractivity contribution in [1.29, 1.82) is 0 Å². The average molecular weight is 362 g/mol. The summed E-state index contributed by atoms with van der Waals surface area (Å²) in [4.78, 5) is 2.16. The Balaban J connectivity index is 1.92. The highest BCUT2D eigenvalue weighted by molar-refractivity contribution is 5.33. The molecule has 1 aromatic rings. The first-order valence-corrected chi connectivity index (χ1v) is 8.52. The summed E-state index contributed by atoms with van der Waals surface area (Å²) in [5.74, 6) is -0.733. The summed E-state index contributed by atoms with van der Waals surface area (Å²) >= 11 is 0. The molecule has 4 nitrogen and oxygen atoms in total. The van der Waals surface area contributed by atoms with Crippen LogP contribution in [0.5, 0.6) is 5.75 Å². The number of nitrogens with one attached hydrogen (secondary N) is 1. The minimum atomic E-state index is -4.79. The second kappa shape index (κ2) is 7.88. The maximum absolute atomic E-state index is 14.6. The average Bonchev–Trinajstić information content (AvgIpc) is 2.59. The summed E-state index contributed by atoms with van der Waals surface area (Å²) in [7, 11) is 0. The van der Waals surface area contributed by atoms with Crippen LogP contribution in [0.15, 0.2) is 18.2 Å². The van der Waals surface area contributed by atoms with Gasteiger partial charge in [-0.3, -0.25) is 4.90 Å². The van der Waals surface area contributed by atoms with Gasteiger partial charge in [0.25, 0.3) is 0 Å². The summed E-state index contributed by atoms with van der Waals surface area (Å²) < 4.78 is 61.5. The molecule has 1 aromatic carbocycles. The Hall–Kier alpha value is -1.38. The number of piperazine rings is 1. The fourth-order valence-electron chi connectivity index (χ4n) is 3.69. The Bertz CT molecular complexity index is 552. The smallest absolute Gasteiger partial charge is 0.406 e. The molecule has 0 amide bonds. The Morgan fingerprint density at radius 2 is 1.84 bits per heavy atom. The number of hydrogen-bond donors (Lipinski definition) is 1. The van der Waals surface area contributed by atoms with Crippen molar-refractivity contribution in [3.05, 3.63) is 29.6 Å². The van der Waals surface area contributed by atoms with Crippen LogP contribution in [0.3, 0.4) is 0 Å². The van der Waals surface area contributed by atoms with Gasteiger partial charge >= 0.3 is 6.36 Å². The van der Waals surface area contributed by atoms with Crippen molar-refractivity contribution in [2.24, 2.45) is 5.92 Å². The third kappa shape index (κ3) is 4.83. The lowest BCUT2D eigenvalue weighted by atomic mass is 9.85. The summed E-state index contributed by atoms with van der Waals surface area (Å²) in [6.07, 6.45) is -3.27. The number of rotatable bonds is 4. The van der Waals surface area contributed by atoms with Crippen molar-refractivity contribution in [2.45, 2.75) is 25.2 Å². The van der Waals surface area contributed by atoms with Crippen LogP contribution < -0.4 is 10.1 Å². The number of halogens is 4. The lowest BCUT2D eigenvalue weighted by Crippen LogP contribution is -2.47. The molecule has 0 aromatic heterocycles. The Kier molecular flexibility index (Phi) is 5.81. The largest absolute Gasteiger partial charge is 0.573 e. The molecule has 0 unspecified atom stereocenters. The molecule has 2 saturated heterocycles. The monoisotopic (exact) mass is 362 g/mol. The van der Waals surface area contributed by atoms with Crippen molar-refractivity contribution >= 4 is 0 Å². The highest BCUT2D eigenvalue weighted by Crippen LogP contribution is 2.38. The first-order chi connectivity index (χ1) is 11.9. The van der Waals surface area contributed by atoms with Crippen molar-refractivity contribution < 1.29 is 27.0 Å². The zero-order valence-corrected chi connectivity index (χ0v) is 13.8. The second-order valence-electron chi connectivity index (χ2n) is 6.41. The molecule has 2 aliphatic heterocycles. The highest BCUT2D eigenvalue weighted by atomic mass is 19.4. The van der Waals surface area contributed by atoms with E-state index in [1.54, 1.807) is 0 Å². The van der Waals surface area contributed by atoms with Gasteiger partial charge in [0, 0.05) is 51.0 Å². The summed E-state index contributed by atoms with van der Waals surface area (Å²) in [5, 5.41) is 3.25. The van der Waals surface area contributed by atoms with Crippen molar-refractivity contribution in [3.8, 4) is 5.75 Å². The van der Waals surface area contributed by atoms with E-state index in [0.717, 1.165) is 51.2 Å². The van der Waals surface area contributed by atoms with Crippen molar-refractivity contribution in [2.75, 3.05) is 39.4 Å². The van der Waals surface area contributed by atoms with Crippen LogP contribution in [0, 0.1) is 11.7 Å². The molecule has 0 spiro atoms. The molecule has 1 N–H and O–H groups in total. The van der Waals surface area contributed by atoms with Gasteiger partial charge in [-0.2, -0.15) is 0 Å². The van der Waals surface area contributed by atoms with Crippen LogP contribution in [-0.2, 0) is 4.74 Å². The van der Waals surface area contributed by atoms with E-state index in [9.17, 15) is 17.6 Å². The molecule has 25 heavy (non-hydrogen) atoms. The molecule has 2 fully saturated rings. The van der Waals surface area contributed by atoms with Crippen molar-refractivity contribution in [3.63, 3.8) is 0 Å². The van der Waals surface area contributed by atoms with Gasteiger partial charge in [0.05, 0.1) is 0 Å². The Morgan fingerprint density at radius 1 is 1.16 bits per heavy atom. The van der Waals surface area contributed by atoms with E-state index in [0.29, 0.717) is 13.2 Å². The lowest BCUT2D eigenvalue weighted by molar-refractivity contribution is -0.274. The Labute approximate surface area is 144 Å². The number of nitrogens with zero attached hydrogens (tertiary/aromatic N) is 1. The first kappa shape index (κ1) is 18.4. The molecule has 0 bridgehead atoms. The Morgan fingerprint density at radius 3 is 2.48 bits per heavy atom. The van der Waals surface area contributed by atoms with Crippen LogP contribution in [-0.4, -0.2) is 50.7 Å². The topological polar surface area (TPSA) is 33.7 Å². The molecule has 2 aliphatic rings. The number of alkyl halides is 3. The standard InChI is InChI=1S/C17H22F4N2O2/c18-15-2-1-13(25-17(19,20)21)11-14(15)16(12-3-9-24-10-4-12)23-7-5-22-6-8-23/h1-2,11-12,16,22H,3-10H2/t16-/m0/s1. The van der Waals surface area contributed by atoms with Crippen LogP contribution in [0.1, 0.15) is 24.4 Å². The van der Waals surface area contributed by atoms with Gasteiger partial charge in [0.15, 0.2) is 0 Å². The molecule has 2 heterocycles. The molecule has 0 saturated carbocycles. The molecule has 0 aliphatic carbocycles. The van der Waals surface area contributed by atoms with Gasteiger partial charge in [0.1, 0.15) is 11.6 Å².